The van der Waals surface area contributed by atoms with E-state index in [0.29, 0.717) is 55.2 Å². The van der Waals surface area contributed by atoms with Gasteiger partial charge in [-0.1, -0.05) is 54.7 Å². The molecule has 0 radical (unpaired) electrons. The largest absolute Gasteiger partial charge is 0.497 e. The first-order valence-corrected chi connectivity index (χ1v) is 20.5. The second-order valence-corrected chi connectivity index (χ2v) is 18.9. The maximum atomic E-state index is 15.1. The summed E-state index contributed by atoms with van der Waals surface area (Å²) < 4.78 is 19.4. The number of aliphatic hydroxyl groups excluding tert-OH is 1. The predicted octanol–water partition coefficient (Wildman–Crippen LogP) is 4.54. The van der Waals surface area contributed by atoms with Crippen molar-refractivity contribution in [3.8, 4) is 5.75 Å². The van der Waals surface area contributed by atoms with Gasteiger partial charge in [0, 0.05) is 55.1 Å². The van der Waals surface area contributed by atoms with Gasteiger partial charge in [0.2, 0.25) is 0 Å². The number of nitro groups is 1. The summed E-state index contributed by atoms with van der Waals surface area (Å²) in [6.07, 6.45) is 1.92. The van der Waals surface area contributed by atoms with E-state index in [1.807, 2.05) is 49.5 Å². The van der Waals surface area contributed by atoms with Crippen LogP contribution in [0.2, 0.25) is 18.6 Å². The van der Waals surface area contributed by atoms with Gasteiger partial charge in [0.25, 0.3) is 11.6 Å². The van der Waals surface area contributed by atoms with Crippen molar-refractivity contribution in [1.82, 2.24) is 15.0 Å². The summed E-state index contributed by atoms with van der Waals surface area (Å²) in [5.41, 5.74) is 1.59. The number of carbonyl (C=O) groups excluding carboxylic acids is 2. The molecule has 14 nitrogen and oxygen atoms in total. The molecule has 4 heterocycles. The van der Waals surface area contributed by atoms with Crippen LogP contribution in [0.3, 0.4) is 0 Å². The van der Waals surface area contributed by atoms with E-state index in [9.17, 15) is 20.0 Å². The first kappa shape index (κ1) is 35.3. The molecular weight excluding hydrogens is 685 g/mol. The number of aliphatic hydroxyl groups is 1. The number of anilines is 2. The molecule has 4 atom stereocenters. The van der Waals surface area contributed by atoms with Gasteiger partial charge >= 0.3 is 6.09 Å². The van der Waals surface area contributed by atoms with Crippen molar-refractivity contribution < 1.29 is 33.8 Å². The highest BCUT2D eigenvalue weighted by Crippen LogP contribution is 2.60. The Bertz CT molecular complexity index is 1990. The zero-order valence-electron chi connectivity index (χ0n) is 29.6. The molecular formula is C37H42N6O8Si. The van der Waals surface area contributed by atoms with Crippen molar-refractivity contribution in [2.45, 2.75) is 63.2 Å². The quantitative estimate of drug-likeness (QED) is 0.125. The lowest BCUT2D eigenvalue weighted by Gasteiger charge is -2.37. The van der Waals surface area contributed by atoms with E-state index in [4.69, 9.17) is 14.2 Å². The number of hydrogen-bond donors (Lipinski definition) is 1. The lowest BCUT2D eigenvalue weighted by Crippen LogP contribution is -2.51. The molecule has 1 spiro atoms. The van der Waals surface area contributed by atoms with E-state index in [1.54, 1.807) is 27.7 Å². The minimum Gasteiger partial charge on any atom is -0.497 e. The first-order valence-electron chi connectivity index (χ1n) is 17.4. The molecule has 1 N–H and O–H groups in total. The van der Waals surface area contributed by atoms with E-state index in [-0.39, 0.29) is 36.2 Å². The molecule has 15 heteroatoms. The third kappa shape index (κ3) is 6.01. The number of nitrogens with zero attached hydrogens (tertiary/aromatic N) is 6. The van der Waals surface area contributed by atoms with E-state index in [1.165, 1.54) is 17.3 Å². The number of amides is 2. The first-order chi connectivity index (χ1) is 25.0. The molecule has 52 heavy (non-hydrogen) atoms. The van der Waals surface area contributed by atoms with Gasteiger partial charge in [-0.25, -0.2) is 4.79 Å². The number of rotatable bonds is 12. The Morgan fingerprint density at radius 2 is 1.85 bits per heavy atom. The summed E-state index contributed by atoms with van der Waals surface area (Å²) in [5.74, 6) is 0.128. The fourth-order valence-corrected chi connectivity index (χ4v) is 12.4. The molecule has 2 fully saturated rings. The van der Waals surface area contributed by atoms with Crippen LogP contribution in [-0.4, -0.2) is 78.1 Å². The molecule has 2 amide bonds. The molecule has 3 aliphatic rings. The van der Waals surface area contributed by atoms with Crippen molar-refractivity contribution in [3.05, 3.63) is 99.9 Å². The van der Waals surface area contributed by atoms with Crippen molar-refractivity contribution in [2.75, 3.05) is 36.7 Å². The zero-order valence-corrected chi connectivity index (χ0v) is 30.6. The Balaban J connectivity index is 1.28. The number of cyclic esters (lactones) is 1. The molecule has 0 aliphatic carbocycles. The fourth-order valence-electron chi connectivity index (χ4n) is 8.37. The van der Waals surface area contributed by atoms with E-state index >= 15 is 4.79 Å². The van der Waals surface area contributed by atoms with Crippen LogP contribution in [0.4, 0.5) is 21.9 Å². The van der Waals surface area contributed by atoms with Crippen molar-refractivity contribution in [2.24, 2.45) is 5.92 Å². The summed E-state index contributed by atoms with van der Waals surface area (Å²) in [5, 5.41) is 31.1. The summed E-state index contributed by atoms with van der Waals surface area (Å²) >= 11 is 0. The maximum absolute atomic E-state index is 15.1. The standard InChI is InChI=1S/C37H42N6O8Si/c1-24-34(52(3,4)30-12-10-29(49-2)11-13-30)33(15-17-40-23-26(16-19-44)38-39-40)51-37(24)31-21-28(43(47)48)9-14-32(31)42(35(37)45)22-25-5-7-27(8-6-25)41-18-20-50-36(41)46/h5-14,21,23-24,33-34,44H,15-20,22H2,1-4H3/t24-,33+,34-,37+/m0/s1. The number of carbonyl (C=O) groups is 2. The van der Waals surface area contributed by atoms with Crippen LogP contribution in [-0.2, 0) is 39.4 Å². The van der Waals surface area contributed by atoms with Crippen LogP contribution in [0, 0.1) is 16.0 Å². The third-order valence-corrected chi connectivity index (χ3v) is 15.3. The zero-order chi connectivity index (χ0) is 36.8. The number of aromatic nitrogens is 3. The number of nitro benzene ring substituents is 1. The number of aryl methyl sites for hydroxylation is 1. The van der Waals surface area contributed by atoms with E-state index < -0.39 is 30.8 Å². The molecule has 0 unspecified atom stereocenters. The molecule has 0 bridgehead atoms. The van der Waals surface area contributed by atoms with Gasteiger partial charge in [0.05, 0.1) is 50.7 Å². The fraction of sp³-hybridized carbons (Fsp3) is 0.405. The average molecular weight is 727 g/mol. The topological polar surface area (TPSA) is 162 Å². The minimum atomic E-state index is -2.46. The van der Waals surface area contributed by atoms with Gasteiger partial charge in [-0.2, -0.15) is 0 Å². The number of benzene rings is 3. The van der Waals surface area contributed by atoms with E-state index in [2.05, 4.69) is 35.5 Å². The van der Waals surface area contributed by atoms with Gasteiger partial charge in [-0.15, -0.1) is 5.10 Å². The van der Waals surface area contributed by atoms with Gasteiger partial charge in [0.1, 0.15) is 12.4 Å². The number of fused-ring (bicyclic) bond motifs is 2. The molecule has 3 aliphatic heterocycles. The normalized spacial score (nSPS) is 22.7. The maximum Gasteiger partial charge on any atom is 0.414 e. The van der Waals surface area contributed by atoms with Crippen molar-refractivity contribution >= 4 is 42.3 Å². The van der Waals surface area contributed by atoms with Gasteiger partial charge in [-0.3, -0.25) is 24.5 Å². The Labute approximate surface area is 302 Å². The Hall–Kier alpha value is -5.12. The van der Waals surface area contributed by atoms with Crippen LogP contribution in [0.1, 0.15) is 30.2 Å². The lowest BCUT2D eigenvalue weighted by molar-refractivity contribution is -0.385. The average Bonchev–Trinajstić information content (AvgIpc) is 3.90. The van der Waals surface area contributed by atoms with Gasteiger partial charge in [0.15, 0.2) is 5.60 Å². The molecule has 272 valence electrons. The number of hydrogen-bond acceptors (Lipinski definition) is 10. The molecule has 2 saturated heterocycles. The number of methoxy groups -OCH3 is 1. The van der Waals surface area contributed by atoms with E-state index in [0.717, 1.165) is 11.3 Å². The predicted molar refractivity (Wildman–Crippen MR) is 194 cm³/mol. The summed E-state index contributed by atoms with van der Waals surface area (Å²) in [4.78, 5) is 42.2. The highest BCUT2D eigenvalue weighted by molar-refractivity contribution is 6.91. The molecule has 3 aromatic carbocycles. The summed E-state index contributed by atoms with van der Waals surface area (Å²) in [7, 11) is -0.830. The number of non-ortho nitro benzene ring substituents is 1. The minimum absolute atomic E-state index is 0.0322. The smallest absolute Gasteiger partial charge is 0.414 e. The number of ether oxygens (including phenoxy) is 3. The van der Waals surface area contributed by atoms with Gasteiger partial charge in [-0.05, 0) is 47.9 Å². The highest BCUT2D eigenvalue weighted by atomic mass is 28.3. The summed E-state index contributed by atoms with van der Waals surface area (Å²) in [6, 6.07) is 20.1. The van der Waals surface area contributed by atoms with Crippen LogP contribution in [0.5, 0.6) is 5.75 Å². The lowest BCUT2D eigenvalue weighted by atomic mass is 9.82. The van der Waals surface area contributed by atoms with Crippen LogP contribution >= 0.6 is 0 Å². The summed E-state index contributed by atoms with van der Waals surface area (Å²) in [6.45, 7) is 8.04. The van der Waals surface area contributed by atoms with Gasteiger partial charge < -0.3 is 24.2 Å². The molecule has 0 saturated carbocycles. The molecule has 7 rings (SSSR count). The Kier molecular flexibility index (Phi) is 9.35. The Morgan fingerprint density at radius 3 is 2.50 bits per heavy atom. The second kappa shape index (κ2) is 13.8. The van der Waals surface area contributed by atoms with Crippen LogP contribution in [0.25, 0.3) is 0 Å². The molecule has 4 aromatic rings. The van der Waals surface area contributed by atoms with Crippen LogP contribution in [0.15, 0.2) is 72.9 Å². The van der Waals surface area contributed by atoms with Crippen LogP contribution < -0.4 is 19.7 Å². The SMILES string of the molecule is COc1ccc([Si](C)(C)[C@@H]2[C@@H](CCn3cc(CCO)nn3)O[C@]3(C(=O)N(Cc4ccc(N5CCOC5=O)cc4)c4ccc([N+](=O)[O-])cc43)[C@H]2C)cc1. The third-order valence-electron chi connectivity index (χ3n) is 11.0. The second-order valence-electron chi connectivity index (χ2n) is 14.2. The Morgan fingerprint density at radius 1 is 1.10 bits per heavy atom. The highest BCUT2D eigenvalue weighted by Gasteiger charge is 2.66. The molecule has 1 aromatic heterocycles. The van der Waals surface area contributed by atoms with Crippen molar-refractivity contribution in [1.29, 1.82) is 0 Å². The van der Waals surface area contributed by atoms with Crippen molar-refractivity contribution in [3.63, 3.8) is 0 Å². The monoisotopic (exact) mass is 726 g/mol.